The van der Waals surface area contributed by atoms with Crippen LogP contribution in [0.2, 0.25) is 5.02 Å². The molecule has 0 aliphatic carbocycles. The van der Waals surface area contributed by atoms with Gasteiger partial charge in [0.25, 0.3) is 5.91 Å². The molecule has 2 rings (SSSR count). The molecule has 0 saturated carbocycles. The van der Waals surface area contributed by atoms with E-state index < -0.39 is 0 Å². The van der Waals surface area contributed by atoms with Gasteiger partial charge < -0.3 is 15.8 Å². The van der Waals surface area contributed by atoms with Crippen LogP contribution in [0.1, 0.15) is 10.4 Å². The average Bonchev–Trinajstić information content (AvgIpc) is 2.41. The van der Waals surface area contributed by atoms with Crippen molar-refractivity contribution >= 4 is 60.7 Å². The van der Waals surface area contributed by atoms with Gasteiger partial charge in [0, 0.05) is 10.2 Å². The number of halogens is 3. The van der Waals surface area contributed by atoms with Crippen LogP contribution < -0.4 is 15.8 Å². The number of nitrogen functional groups attached to an aromatic ring is 1. The summed E-state index contributed by atoms with van der Waals surface area (Å²) in [5.41, 5.74) is 7.02. The van der Waals surface area contributed by atoms with E-state index in [1.54, 1.807) is 30.3 Å². The Labute approximate surface area is 143 Å². The summed E-state index contributed by atoms with van der Waals surface area (Å²) in [4.78, 5) is 12.4. The Morgan fingerprint density at radius 3 is 2.62 bits per heavy atom. The lowest BCUT2D eigenvalue weighted by molar-refractivity contribution is 0.102. The third kappa shape index (κ3) is 3.70. The molecule has 110 valence electrons. The number of nitrogens with two attached hydrogens (primary N) is 1. The molecule has 0 aromatic heterocycles. The van der Waals surface area contributed by atoms with Crippen molar-refractivity contribution in [3.05, 3.63) is 49.9 Å². The molecule has 4 nitrogen and oxygen atoms in total. The van der Waals surface area contributed by atoms with Crippen LogP contribution >= 0.6 is 43.5 Å². The summed E-state index contributed by atoms with van der Waals surface area (Å²) in [6, 6.07) is 8.35. The molecule has 0 saturated heterocycles. The second kappa shape index (κ2) is 6.68. The molecule has 0 aliphatic rings. The van der Waals surface area contributed by atoms with Gasteiger partial charge in [-0.05, 0) is 46.3 Å². The first-order chi connectivity index (χ1) is 9.92. The molecule has 2 aromatic carbocycles. The van der Waals surface area contributed by atoms with Crippen molar-refractivity contribution in [2.75, 3.05) is 18.2 Å². The fourth-order valence-corrected chi connectivity index (χ4v) is 3.38. The Morgan fingerprint density at radius 1 is 1.29 bits per heavy atom. The topological polar surface area (TPSA) is 64.3 Å². The lowest BCUT2D eigenvalue weighted by Crippen LogP contribution is -2.14. The number of methoxy groups -OCH3 is 1. The lowest BCUT2D eigenvalue weighted by atomic mass is 10.2. The minimum Gasteiger partial charge on any atom is -0.495 e. The Kier molecular flexibility index (Phi) is 5.13. The van der Waals surface area contributed by atoms with E-state index in [-0.39, 0.29) is 5.91 Å². The van der Waals surface area contributed by atoms with Crippen LogP contribution in [0, 0.1) is 0 Å². The molecule has 0 spiro atoms. The molecule has 2 aromatic rings. The van der Waals surface area contributed by atoms with Crippen LogP contribution in [0.5, 0.6) is 5.75 Å². The monoisotopic (exact) mass is 432 g/mol. The fraction of sp³-hybridized carbons (Fsp3) is 0.0714. The number of hydrogen-bond donors (Lipinski definition) is 2. The van der Waals surface area contributed by atoms with Gasteiger partial charge >= 0.3 is 0 Å². The van der Waals surface area contributed by atoms with E-state index in [9.17, 15) is 4.79 Å². The summed E-state index contributed by atoms with van der Waals surface area (Å²) in [5, 5.41) is 3.11. The standard InChI is InChI=1S/C14H11Br2ClN2O2/c1-21-13-9(4-7(15)5-10(13)16)14(20)19-12-3-2-8(18)6-11(12)17/h2-6H,18H2,1H3,(H,19,20). The highest BCUT2D eigenvalue weighted by atomic mass is 79.9. The van der Waals surface area contributed by atoms with Gasteiger partial charge in [-0.3, -0.25) is 4.79 Å². The summed E-state index contributed by atoms with van der Waals surface area (Å²) in [5.74, 6) is 0.114. The average molecular weight is 435 g/mol. The largest absolute Gasteiger partial charge is 0.495 e. The highest BCUT2D eigenvalue weighted by molar-refractivity contribution is 9.11. The van der Waals surface area contributed by atoms with Crippen LogP contribution in [0.25, 0.3) is 0 Å². The summed E-state index contributed by atoms with van der Waals surface area (Å²) in [6.07, 6.45) is 0. The summed E-state index contributed by atoms with van der Waals surface area (Å²) < 4.78 is 6.69. The molecule has 0 bridgehead atoms. The minimum absolute atomic E-state index is 0.333. The maximum Gasteiger partial charge on any atom is 0.259 e. The van der Waals surface area contributed by atoms with Crippen molar-refractivity contribution in [3.63, 3.8) is 0 Å². The third-order valence-corrected chi connectivity index (χ3v) is 4.06. The number of carbonyl (C=O) groups is 1. The third-order valence-electron chi connectivity index (χ3n) is 2.70. The maximum absolute atomic E-state index is 12.4. The molecule has 0 heterocycles. The molecular formula is C14H11Br2ClN2O2. The van der Waals surface area contributed by atoms with Crippen LogP contribution in [0.15, 0.2) is 39.3 Å². The Hall–Kier alpha value is -1.24. The number of rotatable bonds is 3. The van der Waals surface area contributed by atoms with Crippen molar-refractivity contribution in [2.45, 2.75) is 0 Å². The zero-order valence-electron chi connectivity index (χ0n) is 10.9. The van der Waals surface area contributed by atoms with Crippen molar-refractivity contribution in [3.8, 4) is 5.75 Å². The second-order valence-corrected chi connectivity index (χ2v) is 6.34. The van der Waals surface area contributed by atoms with Crippen LogP contribution in [-0.4, -0.2) is 13.0 Å². The van der Waals surface area contributed by atoms with Gasteiger partial charge in [0.1, 0.15) is 5.75 Å². The first-order valence-corrected chi connectivity index (χ1v) is 7.78. The molecule has 0 radical (unpaired) electrons. The summed E-state index contributed by atoms with van der Waals surface area (Å²) in [6.45, 7) is 0. The van der Waals surface area contributed by atoms with E-state index in [2.05, 4.69) is 37.2 Å². The smallest absolute Gasteiger partial charge is 0.259 e. The van der Waals surface area contributed by atoms with Gasteiger partial charge in [-0.25, -0.2) is 0 Å². The molecular weight excluding hydrogens is 423 g/mol. The SMILES string of the molecule is COc1c(Br)cc(Br)cc1C(=O)Nc1ccc(N)cc1Cl. The van der Waals surface area contributed by atoms with Crippen molar-refractivity contribution in [1.82, 2.24) is 0 Å². The molecule has 0 aliphatic heterocycles. The van der Waals surface area contributed by atoms with E-state index in [0.29, 0.717) is 32.2 Å². The Morgan fingerprint density at radius 2 is 2.00 bits per heavy atom. The van der Waals surface area contributed by atoms with Gasteiger partial charge in [-0.2, -0.15) is 0 Å². The fourth-order valence-electron chi connectivity index (χ4n) is 1.76. The zero-order valence-corrected chi connectivity index (χ0v) is 14.8. The van der Waals surface area contributed by atoms with E-state index >= 15 is 0 Å². The van der Waals surface area contributed by atoms with E-state index in [0.717, 1.165) is 4.47 Å². The van der Waals surface area contributed by atoms with Gasteiger partial charge in [0.2, 0.25) is 0 Å². The number of hydrogen-bond acceptors (Lipinski definition) is 3. The van der Waals surface area contributed by atoms with Crippen LogP contribution in [0.3, 0.4) is 0 Å². The zero-order chi connectivity index (χ0) is 15.6. The highest BCUT2D eigenvalue weighted by Gasteiger charge is 2.17. The predicted molar refractivity (Wildman–Crippen MR) is 92.2 cm³/mol. The molecule has 0 unspecified atom stereocenters. The normalized spacial score (nSPS) is 10.3. The lowest BCUT2D eigenvalue weighted by Gasteiger charge is -2.12. The minimum atomic E-state index is -0.333. The first kappa shape index (κ1) is 16.1. The molecule has 7 heteroatoms. The number of carbonyl (C=O) groups excluding carboxylic acids is 1. The van der Waals surface area contributed by atoms with Gasteiger partial charge in [0.05, 0.1) is 27.9 Å². The molecule has 21 heavy (non-hydrogen) atoms. The maximum atomic E-state index is 12.4. The second-order valence-electron chi connectivity index (χ2n) is 4.16. The highest BCUT2D eigenvalue weighted by Crippen LogP contribution is 2.33. The first-order valence-electron chi connectivity index (χ1n) is 5.81. The van der Waals surface area contributed by atoms with E-state index in [1.165, 1.54) is 7.11 Å². The number of ether oxygens (including phenoxy) is 1. The quantitative estimate of drug-likeness (QED) is 0.688. The van der Waals surface area contributed by atoms with E-state index in [4.69, 9.17) is 22.1 Å². The summed E-state index contributed by atoms with van der Waals surface area (Å²) >= 11 is 12.8. The molecule has 0 fully saturated rings. The molecule has 0 atom stereocenters. The van der Waals surface area contributed by atoms with Gasteiger partial charge in [-0.1, -0.05) is 27.5 Å². The number of anilines is 2. The number of benzene rings is 2. The number of amides is 1. The van der Waals surface area contributed by atoms with E-state index in [1.807, 2.05) is 0 Å². The van der Waals surface area contributed by atoms with Crippen LogP contribution in [-0.2, 0) is 0 Å². The molecule has 3 N–H and O–H groups in total. The summed E-state index contributed by atoms with van der Waals surface area (Å²) in [7, 11) is 1.50. The predicted octanol–water partition coefficient (Wildman–Crippen LogP) is 4.71. The van der Waals surface area contributed by atoms with Crippen LogP contribution in [0.4, 0.5) is 11.4 Å². The Balaban J connectivity index is 2.36. The Bertz CT molecular complexity index is 708. The van der Waals surface area contributed by atoms with Crippen molar-refractivity contribution in [2.24, 2.45) is 0 Å². The van der Waals surface area contributed by atoms with Crippen molar-refractivity contribution < 1.29 is 9.53 Å². The number of nitrogens with one attached hydrogen (secondary N) is 1. The van der Waals surface area contributed by atoms with Gasteiger partial charge in [-0.15, -0.1) is 0 Å². The van der Waals surface area contributed by atoms with Crippen molar-refractivity contribution in [1.29, 1.82) is 0 Å². The molecule has 1 amide bonds. The van der Waals surface area contributed by atoms with Gasteiger partial charge in [0.15, 0.2) is 0 Å².